The number of fused-ring (bicyclic) bond motifs is 1. The molecule has 0 radical (unpaired) electrons. The van der Waals surface area contributed by atoms with Crippen LogP contribution in [-0.4, -0.2) is 70.7 Å². The number of carbonyl (C=O) groups excluding carboxylic acids is 1. The summed E-state index contributed by atoms with van der Waals surface area (Å²) in [4.78, 5) is 19.4. The molecule has 0 saturated carbocycles. The molecule has 2 aromatic heterocycles. The van der Waals surface area contributed by atoms with E-state index in [4.69, 9.17) is 9.53 Å². The zero-order valence-corrected chi connectivity index (χ0v) is 23.5. The van der Waals surface area contributed by atoms with Gasteiger partial charge < -0.3 is 20.0 Å². The average molecular weight is 570 g/mol. The van der Waals surface area contributed by atoms with Gasteiger partial charge in [-0.1, -0.05) is 36.4 Å². The number of ether oxygens (including phenoxy) is 1. The number of hydrogen-bond donors (Lipinski definition) is 2. The van der Waals surface area contributed by atoms with E-state index in [-0.39, 0.29) is 12.4 Å². The van der Waals surface area contributed by atoms with E-state index in [1.165, 1.54) is 17.7 Å². The highest BCUT2D eigenvalue weighted by Gasteiger charge is 2.16. The minimum Gasteiger partial charge on any atom is -0.494 e. The number of benzene rings is 3. The van der Waals surface area contributed by atoms with Crippen molar-refractivity contribution in [2.24, 2.45) is 0 Å². The summed E-state index contributed by atoms with van der Waals surface area (Å²) in [6.45, 7) is 6.75. The predicted octanol–water partition coefficient (Wildman–Crippen LogP) is 4.89. The normalized spacial score (nSPS) is 10.9. The molecule has 3 aromatic carbocycles. The third kappa shape index (κ3) is 8.29. The SMILES string of the molecule is C=O.OCCN(CCCOc1ccc(-n2c(-c3ccccn3)nc3cc(F)ccc32)cc1)CCNCc1ccccc1. The lowest BCUT2D eigenvalue weighted by molar-refractivity contribution is -0.0980. The van der Waals surface area contributed by atoms with Gasteiger partial charge in [0, 0.05) is 50.7 Å². The molecule has 0 amide bonds. The molecular formula is C33H36FN5O3. The molecule has 0 bridgehead atoms. The number of nitrogens with one attached hydrogen (secondary N) is 1. The van der Waals surface area contributed by atoms with Crippen LogP contribution in [0, 0.1) is 5.82 Å². The van der Waals surface area contributed by atoms with E-state index in [0.717, 1.165) is 49.6 Å². The summed E-state index contributed by atoms with van der Waals surface area (Å²) in [7, 11) is 0. The Labute approximate surface area is 245 Å². The molecule has 0 aliphatic rings. The average Bonchev–Trinajstić information content (AvgIpc) is 3.42. The van der Waals surface area contributed by atoms with E-state index >= 15 is 0 Å². The highest BCUT2D eigenvalue weighted by molar-refractivity contribution is 5.82. The van der Waals surface area contributed by atoms with Crippen molar-refractivity contribution in [2.75, 3.05) is 39.4 Å². The molecule has 5 rings (SSSR count). The number of halogens is 1. The van der Waals surface area contributed by atoms with Crippen LogP contribution in [0.15, 0.2) is 97.2 Å². The first-order chi connectivity index (χ1) is 20.7. The number of aromatic nitrogens is 3. The molecule has 8 nitrogen and oxygen atoms in total. The topological polar surface area (TPSA) is 92.5 Å². The Morgan fingerprint density at radius 3 is 2.45 bits per heavy atom. The van der Waals surface area contributed by atoms with Crippen molar-refractivity contribution in [2.45, 2.75) is 13.0 Å². The van der Waals surface area contributed by atoms with E-state index in [2.05, 4.69) is 32.3 Å². The third-order valence-corrected chi connectivity index (χ3v) is 6.69. The second-order valence-electron chi connectivity index (χ2n) is 9.54. The van der Waals surface area contributed by atoms with Gasteiger partial charge in [0.25, 0.3) is 0 Å². The molecule has 2 N–H and O–H groups in total. The summed E-state index contributed by atoms with van der Waals surface area (Å²) in [5.74, 6) is 1.10. The maximum Gasteiger partial charge on any atom is 0.164 e. The van der Waals surface area contributed by atoms with E-state index < -0.39 is 0 Å². The standard InChI is InChI=1S/C32H34FN5O2.CH2O/c33-26-10-15-31-30(23-26)36-32(29-9-4-5-16-35-29)38(31)27-11-13-28(14-12-27)40-22-6-18-37(20-21-39)19-17-34-24-25-7-2-1-3-8-25;1-2/h1-5,7-16,23,34,39H,6,17-22,24H2;1H2. The van der Waals surface area contributed by atoms with Gasteiger partial charge in [0.05, 0.1) is 24.2 Å². The minimum absolute atomic E-state index is 0.136. The fraction of sp³-hybridized carbons (Fsp3) is 0.242. The Kier molecular flexibility index (Phi) is 11.7. The van der Waals surface area contributed by atoms with Crippen LogP contribution in [0.25, 0.3) is 28.2 Å². The molecule has 0 atom stereocenters. The molecule has 5 aromatic rings. The molecule has 0 aliphatic heterocycles. The molecule has 2 heterocycles. The molecule has 0 aliphatic carbocycles. The first kappa shape index (κ1) is 30.5. The molecule has 42 heavy (non-hydrogen) atoms. The van der Waals surface area contributed by atoms with Gasteiger partial charge in [-0.3, -0.25) is 14.5 Å². The molecule has 0 saturated heterocycles. The lowest BCUT2D eigenvalue weighted by Crippen LogP contribution is -2.35. The van der Waals surface area contributed by atoms with E-state index in [0.29, 0.717) is 30.2 Å². The monoisotopic (exact) mass is 569 g/mol. The zero-order valence-electron chi connectivity index (χ0n) is 23.5. The molecule has 0 fully saturated rings. The van der Waals surface area contributed by atoms with Crippen LogP contribution in [0.5, 0.6) is 5.75 Å². The van der Waals surface area contributed by atoms with Crippen LogP contribution in [-0.2, 0) is 11.3 Å². The number of carbonyl (C=O) groups is 1. The third-order valence-electron chi connectivity index (χ3n) is 6.69. The fourth-order valence-corrected chi connectivity index (χ4v) is 4.69. The van der Waals surface area contributed by atoms with E-state index in [1.54, 1.807) is 12.3 Å². The van der Waals surface area contributed by atoms with Crippen molar-refractivity contribution in [1.82, 2.24) is 24.8 Å². The first-order valence-corrected chi connectivity index (χ1v) is 13.9. The predicted molar refractivity (Wildman–Crippen MR) is 163 cm³/mol. The second kappa shape index (κ2) is 16.1. The molecule has 0 unspecified atom stereocenters. The van der Waals surface area contributed by atoms with Crippen LogP contribution in [0.3, 0.4) is 0 Å². The molecule has 0 spiro atoms. The Bertz CT molecular complexity index is 1500. The largest absolute Gasteiger partial charge is 0.494 e. The van der Waals surface area contributed by atoms with E-state index in [1.807, 2.05) is 72.0 Å². The summed E-state index contributed by atoms with van der Waals surface area (Å²) >= 11 is 0. The van der Waals surface area contributed by atoms with Crippen molar-refractivity contribution in [1.29, 1.82) is 0 Å². The van der Waals surface area contributed by atoms with Crippen LogP contribution in [0.1, 0.15) is 12.0 Å². The molecule has 9 heteroatoms. The number of hydrogen-bond acceptors (Lipinski definition) is 7. The summed E-state index contributed by atoms with van der Waals surface area (Å²) in [5.41, 5.74) is 4.24. The Balaban J connectivity index is 0.00000198. The van der Waals surface area contributed by atoms with Gasteiger partial charge in [-0.05, 0) is 60.5 Å². The summed E-state index contributed by atoms with van der Waals surface area (Å²) in [5, 5.41) is 12.9. The van der Waals surface area contributed by atoms with Gasteiger partial charge in [0.2, 0.25) is 0 Å². The number of nitrogens with zero attached hydrogens (tertiary/aromatic N) is 4. The number of rotatable bonds is 14. The van der Waals surface area contributed by atoms with Crippen molar-refractivity contribution in [3.8, 4) is 23.0 Å². The second-order valence-corrected chi connectivity index (χ2v) is 9.54. The van der Waals surface area contributed by atoms with Crippen molar-refractivity contribution in [3.63, 3.8) is 0 Å². The maximum absolute atomic E-state index is 13.9. The van der Waals surface area contributed by atoms with E-state index in [9.17, 15) is 9.50 Å². The van der Waals surface area contributed by atoms with Gasteiger partial charge >= 0.3 is 0 Å². The van der Waals surface area contributed by atoms with Crippen LogP contribution in [0.2, 0.25) is 0 Å². The number of aliphatic hydroxyl groups is 1. The van der Waals surface area contributed by atoms with Crippen molar-refractivity contribution in [3.05, 3.63) is 109 Å². The first-order valence-electron chi connectivity index (χ1n) is 13.9. The lowest BCUT2D eigenvalue weighted by atomic mass is 10.2. The maximum atomic E-state index is 13.9. The Morgan fingerprint density at radius 2 is 1.71 bits per heavy atom. The van der Waals surface area contributed by atoms with Gasteiger partial charge in [-0.15, -0.1) is 0 Å². The summed E-state index contributed by atoms with van der Waals surface area (Å²) in [6, 6.07) is 28.4. The smallest absolute Gasteiger partial charge is 0.164 e. The van der Waals surface area contributed by atoms with Crippen LogP contribution < -0.4 is 10.1 Å². The van der Waals surface area contributed by atoms with Crippen molar-refractivity contribution < 1.29 is 19.0 Å². The highest BCUT2D eigenvalue weighted by Crippen LogP contribution is 2.29. The Morgan fingerprint density at radius 1 is 0.929 bits per heavy atom. The summed E-state index contributed by atoms with van der Waals surface area (Å²) < 4.78 is 21.9. The minimum atomic E-state index is -0.325. The van der Waals surface area contributed by atoms with Gasteiger partial charge in [0.1, 0.15) is 24.0 Å². The Hall–Kier alpha value is -4.44. The van der Waals surface area contributed by atoms with Gasteiger partial charge in [-0.2, -0.15) is 0 Å². The fourth-order valence-electron chi connectivity index (χ4n) is 4.69. The number of imidazole rings is 1. The van der Waals surface area contributed by atoms with Crippen LogP contribution in [0.4, 0.5) is 4.39 Å². The van der Waals surface area contributed by atoms with Gasteiger partial charge in [0.15, 0.2) is 5.82 Å². The lowest BCUT2D eigenvalue weighted by Gasteiger charge is -2.21. The number of aliphatic hydroxyl groups excluding tert-OH is 1. The van der Waals surface area contributed by atoms with Gasteiger partial charge in [-0.25, -0.2) is 9.37 Å². The summed E-state index contributed by atoms with van der Waals surface area (Å²) in [6.07, 6.45) is 2.57. The zero-order chi connectivity index (χ0) is 29.6. The van der Waals surface area contributed by atoms with Crippen LogP contribution >= 0.6 is 0 Å². The van der Waals surface area contributed by atoms with Crippen molar-refractivity contribution >= 4 is 17.8 Å². The highest BCUT2D eigenvalue weighted by atomic mass is 19.1. The quantitative estimate of drug-likeness (QED) is 0.184. The number of pyridine rings is 1. The molecular weight excluding hydrogens is 533 g/mol. The molecule has 218 valence electrons.